The number of hydrogen-bond donors (Lipinski definition) is 1. The van der Waals surface area contributed by atoms with Gasteiger partial charge in [-0.3, -0.25) is 0 Å². The maximum Gasteiger partial charge on any atom is 0.238 e. The van der Waals surface area contributed by atoms with E-state index in [-0.39, 0.29) is 5.76 Å². The van der Waals surface area contributed by atoms with Crippen LogP contribution in [0.2, 0.25) is 5.02 Å². The summed E-state index contributed by atoms with van der Waals surface area (Å²) in [5.41, 5.74) is 1.47. The minimum atomic E-state index is -0.259. The molecule has 0 radical (unpaired) electrons. The van der Waals surface area contributed by atoms with Gasteiger partial charge in [-0.25, -0.2) is 0 Å². The molecule has 1 N–H and O–H groups in total. The fourth-order valence-electron chi connectivity index (χ4n) is 2.65. The Labute approximate surface area is 174 Å². The molecule has 0 fully saturated rings. The first kappa shape index (κ1) is 19.9. The molecule has 0 unspecified atom stereocenters. The Morgan fingerprint density at radius 1 is 1.04 bits per heavy atom. The van der Waals surface area contributed by atoms with Gasteiger partial charge in [0.1, 0.15) is 5.75 Å². The van der Waals surface area contributed by atoms with Crippen LogP contribution >= 0.6 is 23.8 Å². The van der Waals surface area contributed by atoms with Gasteiger partial charge >= 0.3 is 0 Å². The molecule has 0 saturated carbocycles. The quantitative estimate of drug-likeness (QED) is 0.287. The molecule has 0 spiro atoms. The zero-order chi connectivity index (χ0) is 19.9. The number of rotatable bonds is 6. The summed E-state index contributed by atoms with van der Waals surface area (Å²) in [6, 6.07) is 19.9. The Morgan fingerprint density at radius 2 is 1.71 bits per heavy atom. The van der Waals surface area contributed by atoms with Gasteiger partial charge in [0, 0.05) is 22.8 Å². The van der Waals surface area contributed by atoms with Crippen molar-refractivity contribution in [1.82, 2.24) is 0 Å². The van der Waals surface area contributed by atoms with E-state index >= 15 is 0 Å². The maximum absolute atomic E-state index is 13.2. The highest BCUT2D eigenvalue weighted by atomic mass is 35.5. The number of nitrogens with one attached hydrogen (secondary N) is 1. The highest BCUT2D eigenvalue weighted by Crippen LogP contribution is 2.24. The van der Waals surface area contributed by atoms with E-state index in [0.29, 0.717) is 27.9 Å². The summed E-state index contributed by atoms with van der Waals surface area (Å²) in [5.74, 6) is 0.512. The zero-order valence-electron chi connectivity index (χ0n) is 15.3. The Morgan fingerprint density at radius 3 is 2.36 bits per heavy atom. The minimum absolute atomic E-state index is 0.259. The molecule has 6 heteroatoms. The second kappa shape index (κ2) is 9.35. The first-order chi connectivity index (χ1) is 13.6. The molecular weight excluding hydrogens is 392 g/mol. The number of anilines is 1. The predicted octanol–water partition coefficient (Wildman–Crippen LogP) is 4.15. The smallest absolute Gasteiger partial charge is 0.238 e. The van der Waals surface area contributed by atoms with Crippen molar-refractivity contribution >= 4 is 46.0 Å². The van der Waals surface area contributed by atoms with Crippen LogP contribution in [-0.4, -0.2) is 11.6 Å². The van der Waals surface area contributed by atoms with Crippen molar-refractivity contribution in [2.45, 2.75) is 6.92 Å². The van der Waals surface area contributed by atoms with Crippen LogP contribution in [0.3, 0.4) is 0 Å². The zero-order valence-corrected chi connectivity index (χ0v) is 16.8. The third-order valence-corrected chi connectivity index (χ3v) is 4.57. The first-order valence-corrected chi connectivity index (χ1v) is 9.56. The Bertz CT molecular complexity index is 989. The Hall–Kier alpha value is -2.89. The molecule has 0 aliphatic heterocycles. The highest BCUT2D eigenvalue weighted by molar-refractivity contribution is 7.81. The summed E-state index contributed by atoms with van der Waals surface area (Å²) in [7, 11) is 0. The summed E-state index contributed by atoms with van der Waals surface area (Å²) < 4.78 is 7.14. The van der Waals surface area contributed by atoms with Gasteiger partial charge in [-0.15, -0.1) is 0 Å². The number of ether oxygens (including phenoxy) is 1. The molecule has 1 aromatic heterocycles. The molecule has 3 aromatic rings. The molecule has 28 heavy (non-hydrogen) atoms. The number of benzene rings is 2. The van der Waals surface area contributed by atoms with E-state index in [9.17, 15) is 5.11 Å². The molecule has 142 valence electrons. The standard InChI is InChI=1S/C22H19ClN2O2S/c1-2-27-17-12-10-16(11-13-17)24-22(28)20(25-14-6-3-7-15-25)21(26)18-8-4-5-9-19(18)23/h3-15H,2H2,1H3,(H-,24,26,28). The van der Waals surface area contributed by atoms with Crippen molar-refractivity contribution in [2.24, 2.45) is 0 Å². The normalized spacial score (nSPS) is 11.5. The third kappa shape index (κ3) is 4.68. The number of halogens is 1. The van der Waals surface area contributed by atoms with Crippen LogP contribution in [0.4, 0.5) is 5.69 Å². The van der Waals surface area contributed by atoms with Gasteiger partial charge in [0.25, 0.3) is 0 Å². The molecule has 3 rings (SSSR count). The van der Waals surface area contributed by atoms with E-state index in [1.54, 1.807) is 41.2 Å². The van der Waals surface area contributed by atoms with Crippen LogP contribution in [0.15, 0.2) is 79.1 Å². The van der Waals surface area contributed by atoms with Gasteiger partial charge in [0.15, 0.2) is 17.4 Å². The minimum Gasteiger partial charge on any atom is -0.867 e. The van der Waals surface area contributed by atoms with Crippen molar-refractivity contribution in [1.29, 1.82) is 0 Å². The van der Waals surface area contributed by atoms with E-state index in [1.807, 2.05) is 49.4 Å². The molecule has 0 atom stereocenters. The van der Waals surface area contributed by atoms with Crippen molar-refractivity contribution in [3.63, 3.8) is 0 Å². The lowest BCUT2D eigenvalue weighted by molar-refractivity contribution is -0.577. The fourth-order valence-corrected chi connectivity index (χ4v) is 3.19. The van der Waals surface area contributed by atoms with Crippen LogP contribution in [-0.2, 0) is 0 Å². The maximum atomic E-state index is 13.2. The lowest BCUT2D eigenvalue weighted by Gasteiger charge is -2.18. The molecule has 0 amide bonds. The lowest BCUT2D eigenvalue weighted by Crippen LogP contribution is -2.39. The highest BCUT2D eigenvalue weighted by Gasteiger charge is 2.19. The first-order valence-electron chi connectivity index (χ1n) is 8.77. The van der Waals surface area contributed by atoms with Gasteiger partial charge in [-0.05, 0) is 48.6 Å². The summed E-state index contributed by atoms with van der Waals surface area (Å²) in [4.78, 5) is 0.297. The van der Waals surface area contributed by atoms with E-state index in [0.717, 1.165) is 11.4 Å². The molecule has 0 aliphatic rings. The van der Waals surface area contributed by atoms with Gasteiger partial charge in [-0.1, -0.05) is 48.1 Å². The second-order valence-corrected chi connectivity index (χ2v) is 6.67. The molecule has 1 heterocycles. The molecule has 2 aromatic carbocycles. The largest absolute Gasteiger partial charge is 0.867 e. The van der Waals surface area contributed by atoms with Crippen molar-refractivity contribution in [2.75, 3.05) is 11.9 Å². The van der Waals surface area contributed by atoms with E-state index in [4.69, 9.17) is 28.6 Å². The topological polar surface area (TPSA) is 48.2 Å². The Balaban J connectivity index is 1.99. The van der Waals surface area contributed by atoms with Gasteiger partial charge in [0.2, 0.25) is 5.70 Å². The van der Waals surface area contributed by atoms with Crippen LogP contribution in [0, 0.1) is 0 Å². The van der Waals surface area contributed by atoms with E-state index < -0.39 is 0 Å². The molecular formula is C22H19ClN2O2S. The molecule has 4 nitrogen and oxygen atoms in total. The molecule has 0 bridgehead atoms. The van der Waals surface area contributed by atoms with E-state index in [2.05, 4.69) is 5.32 Å². The van der Waals surface area contributed by atoms with Crippen molar-refractivity contribution in [3.8, 4) is 5.75 Å². The van der Waals surface area contributed by atoms with Gasteiger partial charge in [0.05, 0.1) is 6.61 Å². The number of pyridine rings is 1. The van der Waals surface area contributed by atoms with E-state index in [1.165, 1.54) is 0 Å². The second-order valence-electron chi connectivity index (χ2n) is 5.85. The molecule has 0 saturated heterocycles. The number of nitrogens with zero attached hydrogens (tertiary/aromatic N) is 1. The number of thiocarbonyl (C=S) groups is 1. The van der Waals surface area contributed by atoms with Crippen LogP contribution in [0.5, 0.6) is 5.75 Å². The summed E-state index contributed by atoms with van der Waals surface area (Å²) >= 11 is 11.8. The monoisotopic (exact) mass is 410 g/mol. The number of aromatic nitrogens is 1. The van der Waals surface area contributed by atoms with Gasteiger partial charge < -0.3 is 15.2 Å². The predicted molar refractivity (Wildman–Crippen MR) is 115 cm³/mol. The average molecular weight is 411 g/mol. The van der Waals surface area contributed by atoms with Crippen LogP contribution in [0.1, 0.15) is 12.5 Å². The van der Waals surface area contributed by atoms with Crippen LogP contribution in [0.25, 0.3) is 11.5 Å². The summed E-state index contributed by atoms with van der Waals surface area (Å²) in [5, 5.41) is 16.8. The van der Waals surface area contributed by atoms with Crippen LogP contribution < -0.4 is 19.7 Å². The van der Waals surface area contributed by atoms with Crippen molar-refractivity contribution in [3.05, 3.63) is 89.7 Å². The van der Waals surface area contributed by atoms with Crippen molar-refractivity contribution < 1.29 is 14.4 Å². The third-order valence-electron chi connectivity index (χ3n) is 3.95. The summed E-state index contributed by atoms with van der Waals surface area (Å²) in [6.45, 7) is 2.53. The Kier molecular flexibility index (Phi) is 6.63. The SMILES string of the molecule is CCOc1ccc(NC(=S)C(=C([O-])c2ccccc2Cl)[n+]2ccccc2)cc1. The average Bonchev–Trinajstić information content (AvgIpc) is 2.71. The lowest BCUT2D eigenvalue weighted by atomic mass is 10.1. The number of hydrogen-bond acceptors (Lipinski definition) is 3. The molecule has 0 aliphatic carbocycles. The fraction of sp³-hybridized carbons (Fsp3) is 0.0909. The van der Waals surface area contributed by atoms with Gasteiger partial charge in [-0.2, -0.15) is 4.57 Å². The summed E-state index contributed by atoms with van der Waals surface area (Å²) in [6.07, 6.45) is 3.55.